The van der Waals surface area contributed by atoms with E-state index >= 15 is 0 Å². The van der Waals surface area contributed by atoms with Gasteiger partial charge in [0.15, 0.2) is 11.5 Å². The monoisotopic (exact) mass is 451 g/mol. The van der Waals surface area contributed by atoms with E-state index in [2.05, 4.69) is 36.5 Å². The molecule has 2 N–H and O–H groups in total. The summed E-state index contributed by atoms with van der Waals surface area (Å²) in [4.78, 5) is 19.2. The fraction of sp³-hybridized carbons (Fsp3) is 0.462. The molecule has 2 aliphatic rings. The molecular formula is C26H33N3O4. The molecule has 1 atom stereocenters. The fourth-order valence-corrected chi connectivity index (χ4v) is 4.64. The smallest absolute Gasteiger partial charge is 0.409 e. The number of phenols is 1. The second-order valence-corrected chi connectivity index (χ2v) is 8.67. The van der Waals surface area contributed by atoms with E-state index in [4.69, 9.17) is 14.5 Å². The first-order valence-electron chi connectivity index (χ1n) is 11.7. The molecular weight excluding hydrogens is 418 g/mol. The van der Waals surface area contributed by atoms with E-state index in [-0.39, 0.29) is 17.9 Å². The lowest BCUT2D eigenvalue weighted by Gasteiger charge is -2.45. The maximum Gasteiger partial charge on any atom is 0.409 e. The Morgan fingerprint density at radius 3 is 2.55 bits per heavy atom. The number of carbonyl (C=O) groups is 1. The zero-order chi connectivity index (χ0) is 23.4. The molecule has 4 rings (SSSR count). The molecule has 7 nitrogen and oxygen atoms in total. The van der Waals surface area contributed by atoms with Crippen LogP contribution in [0.1, 0.15) is 55.8 Å². The molecule has 2 aromatic rings. The molecule has 0 unspecified atom stereocenters. The van der Waals surface area contributed by atoms with Crippen LogP contribution in [0.3, 0.4) is 0 Å². The number of hydrogen-bond acceptors (Lipinski definition) is 6. The third-order valence-electron chi connectivity index (χ3n) is 6.40. The molecule has 0 radical (unpaired) electrons. The summed E-state index contributed by atoms with van der Waals surface area (Å²) in [5.41, 5.74) is 3.57. The second kappa shape index (κ2) is 9.83. The molecule has 0 bridgehead atoms. The van der Waals surface area contributed by atoms with Crippen molar-refractivity contribution in [3.63, 3.8) is 0 Å². The van der Waals surface area contributed by atoms with Crippen molar-refractivity contribution in [1.29, 1.82) is 0 Å². The van der Waals surface area contributed by atoms with Gasteiger partial charge < -0.3 is 19.5 Å². The average molecular weight is 452 g/mol. The predicted molar refractivity (Wildman–Crippen MR) is 128 cm³/mol. The number of hydrogen-bond donors (Lipinski definition) is 2. The Kier molecular flexibility index (Phi) is 6.88. The van der Waals surface area contributed by atoms with Crippen LogP contribution in [0.5, 0.6) is 11.5 Å². The number of para-hydroxylation sites is 1. The summed E-state index contributed by atoms with van der Waals surface area (Å²) in [7, 11) is 0. The quantitative estimate of drug-likeness (QED) is 0.696. The number of amides is 1. The van der Waals surface area contributed by atoms with E-state index in [1.54, 1.807) is 11.0 Å². The highest BCUT2D eigenvalue weighted by Gasteiger charge is 2.41. The number of carbonyl (C=O) groups excluding carboxylic acids is 1. The lowest BCUT2D eigenvalue weighted by Crippen LogP contribution is -2.56. The Bertz CT molecular complexity index is 1010. The van der Waals surface area contributed by atoms with E-state index in [1.165, 1.54) is 5.56 Å². The molecule has 7 heteroatoms. The fourth-order valence-electron chi connectivity index (χ4n) is 4.64. The number of piperidine rings is 1. The number of rotatable bonds is 5. The molecule has 1 spiro atoms. The third-order valence-corrected chi connectivity index (χ3v) is 6.40. The van der Waals surface area contributed by atoms with Crippen LogP contribution >= 0.6 is 0 Å². The predicted octanol–water partition coefficient (Wildman–Crippen LogP) is 4.57. The minimum absolute atomic E-state index is 0.131. The molecule has 2 heterocycles. The van der Waals surface area contributed by atoms with Crippen LogP contribution < -0.4 is 10.1 Å². The van der Waals surface area contributed by atoms with Gasteiger partial charge in [0, 0.05) is 49.7 Å². The number of nitrogens with zero attached hydrogens (tertiary/aromatic N) is 2. The normalized spacial score (nSPS) is 19.8. The standard InChI is InChI=1S/C26H33N3O4/c1-4-32-23-8-6-7-20(24(23)30)22-17-21(19-11-9-18(3)10-12-19)27-26(28-22)13-15-29(16-14-26)25(31)33-5-2/h6-12,22,28,30H,4-5,13-17H2,1-3H3/t22-/m1/s1. The minimum Gasteiger partial charge on any atom is -0.504 e. The second-order valence-electron chi connectivity index (χ2n) is 8.67. The van der Waals surface area contributed by atoms with Crippen LogP contribution in [-0.4, -0.2) is 53.8 Å². The van der Waals surface area contributed by atoms with Crippen LogP contribution in [0.25, 0.3) is 0 Å². The highest BCUT2D eigenvalue weighted by Crippen LogP contribution is 2.40. The number of nitrogens with one attached hydrogen (secondary N) is 1. The first-order chi connectivity index (χ1) is 15.9. The number of aliphatic imine (C=N–C) groups is 1. The van der Waals surface area contributed by atoms with Crippen molar-refractivity contribution in [2.24, 2.45) is 4.99 Å². The number of phenolic OH excluding ortho intramolecular Hbond substituents is 1. The van der Waals surface area contributed by atoms with E-state index < -0.39 is 5.66 Å². The summed E-state index contributed by atoms with van der Waals surface area (Å²) in [6.45, 7) is 7.77. The van der Waals surface area contributed by atoms with Crippen LogP contribution in [0.4, 0.5) is 4.79 Å². The molecule has 0 aliphatic carbocycles. The molecule has 33 heavy (non-hydrogen) atoms. The van der Waals surface area contributed by atoms with Gasteiger partial charge in [-0.15, -0.1) is 0 Å². The van der Waals surface area contributed by atoms with Crippen molar-refractivity contribution in [1.82, 2.24) is 10.2 Å². The van der Waals surface area contributed by atoms with Crippen molar-refractivity contribution in [3.8, 4) is 11.5 Å². The summed E-state index contributed by atoms with van der Waals surface area (Å²) in [6, 6.07) is 13.9. The first-order valence-corrected chi connectivity index (χ1v) is 11.7. The largest absolute Gasteiger partial charge is 0.504 e. The minimum atomic E-state index is -0.514. The summed E-state index contributed by atoms with van der Waals surface area (Å²) >= 11 is 0. The van der Waals surface area contributed by atoms with Crippen molar-refractivity contribution in [3.05, 3.63) is 59.2 Å². The highest BCUT2D eigenvalue weighted by molar-refractivity contribution is 6.01. The van der Waals surface area contributed by atoms with Crippen LogP contribution in [0.2, 0.25) is 0 Å². The van der Waals surface area contributed by atoms with E-state index in [1.807, 2.05) is 26.0 Å². The molecule has 2 aliphatic heterocycles. The summed E-state index contributed by atoms with van der Waals surface area (Å²) in [5.74, 6) is 0.656. The maximum atomic E-state index is 12.2. The van der Waals surface area contributed by atoms with Gasteiger partial charge in [0.05, 0.1) is 13.2 Å². The van der Waals surface area contributed by atoms with Gasteiger partial charge in [0.25, 0.3) is 0 Å². The van der Waals surface area contributed by atoms with E-state index in [0.717, 1.165) is 16.8 Å². The Hall–Kier alpha value is -3.06. The number of likely N-dealkylation sites (tertiary alicyclic amines) is 1. The van der Waals surface area contributed by atoms with Gasteiger partial charge in [-0.3, -0.25) is 10.3 Å². The van der Waals surface area contributed by atoms with Crippen molar-refractivity contribution >= 4 is 11.8 Å². The lowest BCUT2D eigenvalue weighted by atomic mass is 9.87. The molecule has 0 saturated carbocycles. The molecule has 2 aromatic carbocycles. The number of ether oxygens (including phenoxy) is 2. The summed E-state index contributed by atoms with van der Waals surface area (Å²) < 4.78 is 10.8. The Balaban J connectivity index is 1.66. The number of aryl methyl sites for hydroxylation is 1. The zero-order valence-corrected chi connectivity index (χ0v) is 19.6. The van der Waals surface area contributed by atoms with Crippen LogP contribution in [0.15, 0.2) is 47.5 Å². The van der Waals surface area contributed by atoms with Gasteiger partial charge in [-0.05, 0) is 32.4 Å². The van der Waals surface area contributed by atoms with Crippen molar-refractivity contribution < 1.29 is 19.4 Å². The first kappa shape index (κ1) is 23.1. The number of benzene rings is 2. The van der Waals surface area contributed by atoms with Gasteiger partial charge in [0.2, 0.25) is 0 Å². The Labute approximate surface area is 195 Å². The van der Waals surface area contributed by atoms with E-state index in [0.29, 0.717) is 51.3 Å². The molecule has 176 valence electrons. The van der Waals surface area contributed by atoms with Crippen LogP contribution in [0, 0.1) is 6.92 Å². The van der Waals surface area contributed by atoms with Gasteiger partial charge >= 0.3 is 6.09 Å². The molecule has 0 aromatic heterocycles. The molecule has 1 saturated heterocycles. The van der Waals surface area contributed by atoms with Crippen molar-refractivity contribution in [2.75, 3.05) is 26.3 Å². The topological polar surface area (TPSA) is 83.4 Å². The zero-order valence-electron chi connectivity index (χ0n) is 19.6. The van der Waals surface area contributed by atoms with Gasteiger partial charge in [-0.2, -0.15) is 0 Å². The van der Waals surface area contributed by atoms with Crippen LogP contribution in [-0.2, 0) is 4.74 Å². The van der Waals surface area contributed by atoms with Gasteiger partial charge in [-0.25, -0.2) is 4.79 Å². The van der Waals surface area contributed by atoms with Gasteiger partial charge in [0.1, 0.15) is 5.66 Å². The van der Waals surface area contributed by atoms with Crippen molar-refractivity contribution in [2.45, 2.75) is 51.7 Å². The highest BCUT2D eigenvalue weighted by atomic mass is 16.6. The number of aromatic hydroxyl groups is 1. The third kappa shape index (κ3) is 4.98. The SMILES string of the molecule is CCOC(=O)N1CCC2(CC1)N=C(c1ccc(C)cc1)C[C@H](c1cccc(OCC)c1O)N2. The summed E-state index contributed by atoms with van der Waals surface area (Å²) in [5, 5.41) is 14.7. The Morgan fingerprint density at radius 2 is 1.88 bits per heavy atom. The average Bonchev–Trinajstić information content (AvgIpc) is 2.81. The Morgan fingerprint density at radius 1 is 1.15 bits per heavy atom. The van der Waals surface area contributed by atoms with Gasteiger partial charge in [-0.1, -0.05) is 42.0 Å². The molecule has 1 amide bonds. The summed E-state index contributed by atoms with van der Waals surface area (Å²) in [6.07, 6.45) is 1.72. The maximum absolute atomic E-state index is 12.2. The van der Waals surface area contributed by atoms with E-state index in [9.17, 15) is 9.90 Å². The lowest BCUT2D eigenvalue weighted by molar-refractivity contribution is 0.0778. The molecule has 1 fully saturated rings.